The highest BCUT2D eigenvalue weighted by Gasteiger charge is 2.33. The third-order valence-electron chi connectivity index (χ3n) is 4.97. The van der Waals surface area contributed by atoms with Gasteiger partial charge in [-0.15, -0.1) is 0 Å². The summed E-state index contributed by atoms with van der Waals surface area (Å²) in [5.74, 6) is -0.973. The predicted octanol–water partition coefficient (Wildman–Crippen LogP) is 1.46. The Bertz CT molecular complexity index is 910. The number of Topliss-reactive ketones (excluding diaryl/α,β-unsaturated/α-hetero) is 1. The fourth-order valence-electron chi connectivity index (χ4n) is 3.28. The molecule has 0 saturated heterocycles. The third-order valence-corrected chi connectivity index (χ3v) is 5.85. The van der Waals surface area contributed by atoms with Crippen molar-refractivity contribution >= 4 is 22.8 Å². The first kappa shape index (κ1) is 19.4. The molecule has 1 aliphatic carbocycles. The van der Waals surface area contributed by atoms with E-state index < -0.39 is 28.2 Å². The van der Waals surface area contributed by atoms with Gasteiger partial charge in [0.2, 0.25) is 5.91 Å². The van der Waals surface area contributed by atoms with E-state index >= 15 is 0 Å². The largest absolute Gasteiger partial charge is 0.772 e. The SMILES string of the molecule is CC(CCn1cc(-c2ccc3c(c2)CCC3=O)cn1)(CS(=O)[O-])C(=O)NO. The number of amides is 1. The van der Waals surface area contributed by atoms with Crippen LogP contribution < -0.4 is 5.48 Å². The van der Waals surface area contributed by atoms with E-state index in [2.05, 4.69) is 5.10 Å². The molecule has 2 aromatic rings. The lowest BCUT2D eigenvalue weighted by molar-refractivity contribution is -0.138. The smallest absolute Gasteiger partial charge is 0.250 e. The van der Waals surface area contributed by atoms with Crippen molar-refractivity contribution in [1.29, 1.82) is 0 Å². The van der Waals surface area contributed by atoms with Crippen molar-refractivity contribution in [3.63, 3.8) is 0 Å². The van der Waals surface area contributed by atoms with Gasteiger partial charge in [0.1, 0.15) is 0 Å². The molecule has 8 nitrogen and oxygen atoms in total. The molecule has 1 amide bonds. The molecule has 3 rings (SSSR count). The molecule has 0 bridgehead atoms. The van der Waals surface area contributed by atoms with E-state index in [-0.39, 0.29) is 12.2 Å². The normalized spacial score (nSPS) is 16.6. The fourth-order valence-corrected chi connectivity index (χ4v) is 4.07. The van der Waals surface area contributed by atoms with Crippen molar-refractivity contribution in [2.75, 3.05) is 5.75 Å². The second-order valence-electron chi connectivity index (χ2n) is 6.99. The molecular weight excluding hydrogens is 370 g/mol. The van der Waals surface area contributed by atoms with Gasteiger partial charge in [0.25, 0.3) is 0 Å². The summed E-state index contributed by atoms with van der Waals surface area (Å²) in [6, 6.07) is 5.71. The number of aromatic nitrogens is 2. The summed E-state index contributed by atoms with van der Waals surface area (Å²) in [5.41, 5.74) is 3.91. The summed E-state index contributed by atoms with van der Waals surface area (Å²) in [6.45, 7) is 1.79. The zero-order valence-electron chi connectivity index (χ0n) is 14.8. The van der Waals surface area contributed by atoms with E-state index in [1.54, 1.807) is 10.9 Å². The molecule has 1 aromatic heterocycles. The lowest BCUT2D eigenvalue weighted by Gasteiger charge is -2.27. The Balaban J connectivity index is 1.73. The number of ketones is 1. The number of carbonyl (C=O) groups excluding carboxylic acids is 2. The Kier molecular flexibility index (Phi) is 5.54. The summed E-state index contributed by atoms with van der Waals surface area (Å²) >= 11 is -2.42. The number of carbonyl (C=O) groups is 2. The first-order valence-corrected chi connectivity index (χ1v) is 9.76. The lowest BCUT2D eigenvalue weighted by atomic mass is 9.88. The number of hydroxylamine groups is 1. The second kappa shape index (κ2) is 7.71. The van der Waals surface area contributed by atoms with Crippen LogP contribution in [-0.2, 0) is 28.8 Å². The minimum atomic E-state index is -2.42. The van der Waals surface area contributed by atoms with Gasteiger partial charge in [0.15, 0.2) is 5.78 Å². The molecular formula is C18H20N3O5S-. The van der Waals surface area contributed by atoms with Crippen LogP contribution in [0.2, 0.25) is 0 Å². The standard InChI is InChI=1S/C18H21N3O5S/c1-18(11-27(25)26,17(23)20-24)6-7-21-10-14(9-19-21)12-2-4-15-13(8-12)3-5-16(15)22/h2,4,8-10,24H,3,5-7,11H2,1H3,(H,20,23)(H,25,26)/p-1. The number of fused-ring (bicyclic) bond motifs is 1. The summed E-state index contributed by atoms with van der Waals surface area (Å²) < 4.78 is 23.7. The number of nitrogens with one attached hydrogen (secondary N) is 1. The van der Waals surface area contributed by atoms with Crippen LogP contribution in [-0.4, -0.2) is 41.2 Å². The summed E-state index contributed by atoms with van der Waals surface area (Å²) in [7, 11) is 0. The van der Waals surface area contributed by atoms with Crippen LogP contribution in [0, 0.1) is 5.41 Å². The van der Waals surface area contributed by atoms with Crippen molar-refractivity contribution < 1.29 is 23.6 Å². The van der Waals surface area contributed by atoms with Crippen LogP contribution in [0.4, 0.5) is 0 Å². The van der Waals surface area contributed by atoms with Crippen molar-refractivity contribution in [2.24, 2.45) is 5.41 Å². The first-order valence-electron chi connectivity index (χ1n) is 8.52. The maximum absolute atomic E-state index is 11.9. The molecule has 1 heterocycles. The average Bonchev–Trinajstić information content (AvgIpc) is 3.25. The highest BCUT2D eigenvalue weighted by Crippen LogP contribution is 2.28. The molecule has 0 saturated carbocycles. The van der Waals surface area contributed by atoms with Gasteiger partial charge in [-0.25, -0.2) is 5.48 Å². The molecule has 2 N–H and O–H groups in total. The molecule has 9 heteroatoms. The molecule has 1 aliphatic rings. The Morgan fingerprint density at radius 2 is 2.19 bits per heavy atom. The van der Waals surface area contributed by atoms with Crippen LogP contribution in [0.5, 0.6) is 0 Å². The third kappa shape index (κ3) is 4.15. The highest BCUT2D eigenvalue weighted by molar-refractivity contribution is 7.79. The van der Waals surface area contributed by atoms with E-state index in [1.807, 2.05) is 24.4 Å². The maximum atomic E-state index is 11.9. The Morgan fingerprint density at radius 1 is 1.41 bits per heavy atom. The van der Waals surface area contributed by atoms with Gasteiger partial charge in [0, 0.05) is 36.0 Å². The Labute approximate surface area is 158 Å². The molecule has 0 spiro atoms. The van der Waals surface area contributed by atoms with Crippen LogP contribution in [0.3, 0.4) is 0 Å². The van der Waals surface area contributed by atoms with Gasteiger partial charge in [-0.3, -0.25) is 23.7 Å². The van der Waals surface area contributed by atoms with Gasteiger partial charge in [-0.2, -0.15) is 5.10 Å². The molecule has 1 aromatic carbocycles. The fraction of sp³-hybridized carbons (Fsp3) is 0.389. The van der Waals surface area contributed by atoms with Crippen molar-refractivity contribution in [3.8, 4) is 11.1 Å². The molecule has 144 valence electrons. The predicted molar refractivity (Wildman–Crippen MR) is 96.8 cm³/mol. The van der Waals surface area contributed by atoms with E-state index in [1.165, 1.54) is 12.4 Å². The van der Waals surface area contributed by atoms with Gasteiger partial charge >= 0.3 is 0 Å². The van der Waals surface area contributed by atoms with Crippen LogP contribution >= 0.6 is 0 Å². The van der Waals surface area contributed by atoms with Gasteiger partial charge < -0.3 is 4.55 Å². The minimum Gasteiger partial charge on any atom is -0.772 e. The van der Waals surface area contributed by atoms with E-state index in [0.29, 0.717) is 13.0 Å². The van der Waals surface area contributed by atoms with Gasteiger partial charge in [-0.05, 0) is 30.9 Å². The number of nitrogens with zero attached hydrogens (tertiary/aromatic N) is 2. The molecule has 0 aliphatic heterocycles. The van der Waals surface area contributed by atoms with Crippen molar-refractivity contribution in [1.82, 2.24) is 15.3 Å². The summed E-state index contributed by atoms with van der Waals surface area (Å²) in [4.78, 5) is 23.6. The molecule has 0 radical (unpaired) electrons. The highest BCUT2D eigenvalue weighted by atomic mass is 32.2. The van der Waals surface area contributed by atoms with Crippen molar-refractivity contribution in [3.05, 3.63) is 41.7 Å². The van der Waals surface area contributed by atoms with Gasteiger partial charge in [-0.1, -0.05) is 29.3 Å². The lowest BCUT2D eigenvalue weighted by Crippen LogP contribution is -2.42. The number of hydrogen-bond acceptors (Lipinski definition) is 6. The summed E-state index contributed by atoms with van der Waals surface area (Å²) in [5, 5.41) is 13.2. The number of rotatable bonds is 7. The van der Waals surface area contributed by atoms with E-state index in [0.717, 1.165) is 28.7 Å². The number of aryl methyl sites for hydroxylation is 2. The van der Waals surface area contributed by atoms with E-state index in [9.17, 15) is 18.4 Å². The second-order valence-corrected chi connectivity index (χ2v) is 7.88. The Morgan fingerprint density at radius 3 is 2.89 bits per heavy atom. The zero-order chi connectivity index (χ0) is 19.6. The average molecular weight is 390 g/mol. The topological polar surface area (TPSA) is 124 Å². The first-order chi connectivity index (χ1) is 12.8. The number of hydrogen-bond donors (Lipinski definition) is 2. The minimum absolute atomic E-state index is 0.171. The van der Waals surface area contributed by atoms with Crippen LogP contribution in [0.1, 0.15) is 35.7 Å². The van der Waals surface area contributed by atoms with Crippen molar-refractivity contribution in [2.45, 2.75) is 32.7 Å². The summed E-state index contributed by atoms with van der Waals surface area (Å²) in [6.07, 6.45) is 4.98. The van der Waals surface area contributed by atoms with Crippen LogP contribution in [0.25, 0.3) is 11.1 Å². The van der Waals surface area contributed by atoms with E-state index in [4.69, 9.17) is 5.21 Å². The molecule has 2 unspecified atom stereocenters. The molecule has 27 heavy (non-hydrogen) atoms. The maximum Gasteiger partial charge on any atom is 0.250 e. The molecule has 0 fully saturated rings. The monoisotopic (exact) mass is 390 g/mol. The van der Waals surface area contributed by atoms with Crippen LogP contribution in [0.15, 0.2) is 30.6 Å². The molecule has 2 atom stereocenters. The van der Waals surface area contributed by atoms with Gasteiger partial charge in [0.05, 0.1) is 11.6 Å². The zero-order valence-corrected chi connectivity index (χ0v) is 15.6. The Hall–Kier alpha value is -2.36. The number of benzene rings is 1. The quantitative estimate of drug-likeness (QED) is 0.419.